The number of likely N-dealkylation sites (N-methyl/N-ethyl adjacent to an activating group) is 1. The molecule has 0 aliphatic carbocycles. The maximum atomic E-state index is 13.6. The van der Waals surface area contributed by atoms with E-state index in [0.717, 1.165) is 17.7 Å². The average Bonchev–Trinajstić information content (AvgIpc) is 2.50. The maximum absolute atomic E-state index is 13.6. The Balaban J connectivity index is 2.20. The number of nitrogens with zero attached hydrogens (tertiary/aromatic N) is 1. The molecule has 0 heterocycles. The van der Waals surface area contributed by atoms with Gasteiger partial charge < -0.3 is 15.4 Å². The minimum atomic E-state index is -0.385. The van der Waals surface area contributed by atoms with E-state index >= 15 is 0 Å². The van der Waals surface area contributed by atoms with E-state index in [4.69, 9.17) is 10.5 Å². The lowest BCUT2D eigenvalue weighted by Crippen LogP contribution is -2.31. The van der Waals surface area contributed by atoms with Gasteiger partial charge in [-0.3, -0.25) is 0 Å². The van der Waals surface area contributed by atoms with Crippen LogP contribution in [0, 0.1) is 5.82 Å². The zero-order valence-corrected chi connectivity index (χ0v) is 12.6. The highest BCUT2D eigenvalue weighted by Crippen LogP contribution is 2.28. The van der Waals surface area contributed by atoms with E-state index in [1.165, 1.54) is 6.07 Å². The number of hydrogen-bond donors (Lipinski definition) is 1. The van der Waals surface area contributed by atoms with Crippen LogP contribution in [0.25, 0.3) is 0 Å². The van der Waals surface area contributed by atoms with Crippen molar-refractivity contribution in [3.8, 4) is 5.75 Å². The zero-order valence-electron chi connectivity index (χ0n) is 12.6. The van der Waals surface area contributed by atoms with E-state index in [2.05, 4.69) is 6.92 Å². The van der Waals surface area contributed by atoms with Crippen molar-refractivity contribution in [2.45, 2.75) is 19.4 Å². The Labute approximate surface area is 125 Å². The van der Waals surface area contributed by atoms with Gasteiger partial charge in [0.15, 0.2) is 0 Å². The van der Waals surface area contributed by atoms with Crippen molar-refractivity contribution >= 4 is 11.4 Å². The number of nitrogen functional groups attached to an aromatic ring is 1. The van der Waals surface area contributed by atoms with Crippen molar-refractivity contribution in [3.63, 3.8) is 0 Å². The summed E-state index contributed by atoms with van der Waals surface area (Å²) < 4.78 is 18.9. The molecule has 0 fully saturated rings. The largest absolute Gasteiger partial charge is 0.496 e. The summed E-state index contributed by atoms with van der Waals surface area (Å²) in [4.78, 5) is 1.99. The summed E-state index contributed by atoms with van der Waals surface area (Å²) in [6, 6.07) is 13.0. The molecule has 0 bridgehead atoms. The first kappa shape index (κ1) is 15.2. The van der Waals surface area contributed by atoms with Crippen LogP contribution in [0.1, 0.15) is 12.5 Å². The second-order valence-corrected chi connectivity index (χ2v) is 5.15. The van der Waals surface area contributed by atoms with E-state index in [1.807, 2.05) is 42.3 Å². The molecule has 2 aromatic carbocycles. The van der Waals surface area contributed by atoms with Crippen LogP contribution in [0.2, 0.25) is 0 Å². The van der Waals surface area contributed by atoms with E-state index in [9.17, 15) is 4.39 Å². The van der Waals surface area contributed by atoms with Gasteiger partial charge in [-0.2, -0.15) is 0 Å². The number of methoxy groups -OCH3 is 1. The van der Waals surface area contributed by atoms with Crippen LogP contribution in [0.5, 0.6) is 5.75 Å². The Hall–Kier alpha value is -2.23. The molecule has 0 radical (unpaired) electrons. The molecule has 4 heteroatoms. The summed E-state index contributed by atoms with van der Waals surface area (Å²) in [6.45, 7) is 2.08. The van der Waals surface area contributed by atoms with Gasteiger partial charge >= 0.3 is 0 Å². The third-order valence-electron chi connectivity index (χ3n) is 3.78. The van der Waals surface area contributed by atoms with Crippen LogP contribution < -0.4 is 15.4 Å². The quantitative estimate of drug-likeness (QED) is 0.856. The molecular formula is C17H21FN2O. The van der Waals surface area contributed by atoms with Crippen molar-refractivity contribution < 1.29 is 9.13 Å². The molecule has 1 atom stereocenters. The smallest absolute Gasteiger partial charge is 0.148 e. The highest BCUT2D eigenvalue weighted by molar-refractivity contribution is 5.68. The van der Waals surface area contributed by atoms with Crippen molar-refractivity contribution in [1.82, 2.24) is 0 Å². The summed E-state index contributed by atoms with van der Waals surface area (Å²) in [7, 11) is 3.59. The van der Waals surface area contributed by atoms with Crippen LogP contribution in [-0.2, 0) is 6.42 Å². The van der Waals surface area contributed by atoms with Crippen LogP contribution in [0.15, 0.2) is 42.5 Å². The SMILES string of the molecule is COc1ccccc1CC(C)N(C)c1cccc(F)c1N. The number of halogens is 1. The topological polar surface area (TPSA) is 38.5 Å². The van der Waals surface area contributed by atoms with Gasteiger partial charge in [0.1, 0.15) is 11.6 Å². The third-order valence-corrected chi connectivity index (χ3v) is 3.78. The highest BCUT2D eigenvalue weighted by Gasteiger charge is 2.16. The van der Waals surface area contributed by atoms with Gasteiger partial charge in [-0.25, -0.2) is 4.39 Å². The number of benzene rings is 2. The lowest BCUT2D eigenvalue weighted by atomic mass is 10.0. The van der Waals surface area contributed by atoms with E-state index in [1.54, 1.807) is 13.2 Å². The van der Waals surface area contributed by atoms with Gasteiger partial charge in [0, 0.05) is 13.1 Å². The Morgan fingerprint density at radius 1 is 1.19 bits per heavy atom. The molecule has 0 aromatic heterocycles. The maximum Gasteiger partial charge on any atom is 0.148 e. The van der Waals surface area contributed by atoms with Crippen LogP contribution in [0.4, 0.5) is 15.8 Å². The third kappa shape index (κ3) is 3.27. The molecule has 112 valence electrons. The minimum Gasteiger partial charge on any atom is -0.496 e. The molecule has 3 nitrogen and oxygen atoms in total. The molecule has 0 saturated heterocycles. The summed E-state index contributed by atoms with van der Waals surface area (Å²) in [6.07, 6.45) is 0.788. The Kier molecular flexibility index (Phi) is 4.68. The van der Waals surface area contributed by atoms with Crippen LogP contribution in [-0.4, -0.2) is 20.2 Å². The molecule has 0 amide bonds. The molecule has 21 heavy (non-hydrogen) atoms. The molecule has 2 rings (SSSR count). The van der Waals surface area contributed by atoms with Gasteiger partial charge in [0.05, 0.1) is 18.5 Å². The fraction of sp³-hybridized carbons (Fsp3) is 0.294. The lowest BCUT2D eigenvalue weighted by molar-refractivity contribution is 0.408. The second kappa shape index (κ2) is 6.48. The van der Waals surface area contributed by atoms with E-state index in [-0.39, 0.29) is 17.5 Å². The lowest BCUT2D eigenvalue weighted by Gasteiger charge is -2.28. The van der Waals surface area contributed by atoms with Gasteiger partial charge in [-0.05, 0) is 37.1 Å². The first-order chi connectivity index (χ1) is 10.0. The first-order valence-electron chi connectivity index (χ1n) is 6.93. The molecule has 2 N–H and O–H groups in total. The number of hydrogen-bond acceptors (Lipinski definition) is 3. The minimum absolute atomic E-state index is 0.158. The molecule has 1 unspecified atom stereocenters. The number of para-hydroxylation sites is 2. The normalized spacial score (nSPS) is 12.0. The average molecular weight is 288 g/mol. The summed E-state index contributed by atoms with van der Waals surface area (Å²) >= 11 is 0. The van der Waals surface area contributed by atoms with Gasteiger partial charge in [-0.1, -0.05) is 24.3 Å². The predicted molar refractivity (Wildman–Crippen MR) is 85.4 cm³/mol. The summed E-state index contributed by atoms with van der Waals surface area (Å²) in [5.74, 6) is 0.480. The van der Waals surface area contributed by atoms with Crippen molar-refractivity contribution in [2.75, 3.05) is 24.8 Å². The van der Waals surface area contributed by atoms with Crippen LogP contribution in [0.3, 0.4) is 0 Å². The second-order valence-electron chi connectivity index (χ2n) is 5.15. The van der Waals surface area contributed by atoms with Crippen molar-refractivity contribution in [2.24, 2.45) is 0 Å². The van der Waals surface area contributed by atoms with E-state index in [0.29, 0.717) is 5.69 Å². The fourth-order valence-electron chi connectivity index (χ4n) is 2.40. The summed E-state index contributed by atoms with van der Waals surface area (Å²) in [5, 5.41) is 0. The Morgan fingerprint density at radius 3 is 2.62 bits per heavy atom. The molecule has 0 saturated carbocycles. The molecule has 0 aliphatic heterocycles. The van der Waals surface area contributed by atoms with Gasteiger partial charge in [-0.15, -0.1) is 0 Å². The first-order valence-corrected chi connectivity index (χ1v) is 6.93. The predicted octanol–water partition coefficient (Wildman–Crippen LogP) is 3.48. The van der Waals surface area contributed by atoms with Crippen molar-refractivity contribution in [3.05, 3.63) is 53.8 Å². The molecule has 0 aliphatic rings. The van der Waals surface area contributed by atoms with Crippen LogP contribution >= 0.6 is 0 Å². The standard InChI is InChI=1S/C17H21FN2O/c1-12(11-13-7-4-5-10-16(13)21-3)20(2)15-9-6-8-14(18)17(15)19/h4-10,12H,11,19H2,1-3H3. The number of ether oxygens (including phenoxy) is 1. The number of anilines is 2. The molecular weight excluding hydrogens is 267 g/mol. The fourth-order valence-corrected chi connectivity index (χ4v) is 2.40. The van der Waals surface area contributed by atoms with Crippen molar-refractivity contribution in [1.29, 1.82) is 0 Å². The van der Waals surface area contributed by atoms with Gasteiger partial charge in [0.25, 0.3) is 0 Å². The monoisotopic (exact) mass is 288 g/mol. The number of rotatable bonds is 5. The molecule has 0 spiro atoms. The molecule has 2 aromatic rings. The Morgan fingerprint density at radius 2 is 1.90 bits per heavy atom. The Bertz CT molecular complexity index is 615. The highest BCUT2D eigenvalue weighted by atomic mass is 19.1. The van der Waals surface area contributed by atoms with E-state index < -0.39 is 0 Å². The zero-order chi connectivity index (χ0) is 15.4. The number of nitrogens with two attached hydrogens (primary N) is 1. The summed E-state index contributed by atoms with van der Waals surface area (Å²) in [5.41, 5.74) is 7.84. The van der Waals surface area contributed by atoms with Gasteiger partial charge in [0.2, 0.25) is 0 Å².